The van der Waals surface area contributed by atoms with Crippen molar-refractivity contribution in [1.29, 1.82) is 0 Å². The first-order valence-electron chi connectivity index (χ1n) is 6.24. The number of benzene rings is 1. The maximum absolute atomic E-state index is 12.6. The molecule has 0 aliphatic carbocycles. The van der Waals surface area contributed by atoms with E-state index in [-0.39, 0.29) is 17.7 Å². The SMILES string of the molecule is CN1c2nc(Cl)n(C)c2C(=O)N(Cc2ccccc2)S1=O. The van der Waals surface area contributed by atoms with Crippen LogP contribution in [0.15, 0.2) is 30.3 Å². The number of hydrogen-bond acceptors (Lipinski definition) is 3. The Bertz CT molecular complexity index is 731. The summed E-state index contributed by atoms with van der Waals surface area (Å²) in [5.41, 5.74) is 1.25. The summed E-state index contributed by atoms with van der Waals surface area (Å²) in [6.45, 7) is 0.263. The Labute approximate surface area is 129 Å². The molecule has 0 saturated heterocycles. The van der Waals surface area contributed by atoms with Crippen molar-refractivity contribution in [3.63, 3.8) is 0 Å². The molecule has 2 aromatic rings. The van der Waals surface area contributed by atoms with Crippen LogP contribution in [0.5, 0.6) is 0 Å². The molecule has 1 atom stereocenters. The molecule has 1 aromatic heterocycles. The summed E-state index contributed by atoms with van der Waals surface area (Å²) >= 11 is 4.33. The molecule has 1 amide bonds. The largest absolute Gasteiger partial charge is 0.312 e. The number of carbonyl (C=O) groups is 1. The van der Waals surface area contributed by atoms with Crippen molar-refractivity contribution >= 4 is 34.5 Å². The zero-order valence-corrected chi connectivity index (χ0v) is 13.1. The molecule has 3 rings (SSSR count). The van der Waals surface area contributed by atoms with E-state index in [4.69, 9.17) is 11.6 Å². The van der Waals surface area contributed by atoms with Gasteiger partial charge in [0.05, 0.1) is 6.54 Å². The van der Waals surface area contributed by atoms with Gasteiger partial charge in [0, 0.05) is 14.1 Å². The lowest BCUT2D eigenvalue weighted by molar-refractivity contribution is 0.0848. The summed E-state index contributed by atoms with van der Waals surface area (Å²) < 4.78 is 16.7. The van der Waals surface area contributed by atoms with E-state index in [1.165, 1.54) is 13.2 Å². The second-order valence-electron chi connectivity index (χ2n) is 4.67. The van der Waals surface area contributed by atoms with Crippen molar-refractivity contribution < 1.29 is 9.00 Å². The summed E-state index contributed by atoms with van der Waals surface area (Å²) in [5.74, 6) is 0.00216. The Morgan fingerprint density at radius 2 is 1.90 bits per heavy atom. The fraction of sp³-hybridized carbons (Fsp3) is 0.231. The zero-order valence-electron chi connectivity index (χ0n) is 11.5. The van der Waals surface area contributed by atoms with Crippen LogP contribution >= 0.6 is 11.6 Å². The Morgan fingerprint density at radius 3 is 2.57 bits per heavy atom. The Kier molecular flexibility index (Phi) is 3.46. The van der Waals surface area contributed by atoms with Crippen LogP contribution in [-0.2, 0) is 24.8 Å². The molecule has 2 heterocycles. The maximum atomic E-state index is 12.6. The van der Waals surface area contributed by atoms with Gasteiger partial charge in [0.2, 0.25) is 16.5 Å². The van der Waals surface area contributed by atoms with E-state index in [0.717, 1.165) is 5.56 Å². The molecule has 1 unspecified atom stereocenters. The number of halogens is 1. The number of fused-ring (bicyclic) bond motifs is 1. The fourth-order valence-corrected chi connectivity index (χ4v) is 3.43. The Hall–Kier alpha value is -1.86. The van der Waals surface area contributed by atoms with Gasteiger partial charge in [-0.25, -0.2) is 8.51 Å². The van der Waals surface area contributed by atoms with Crippen LogP contribution in [0.3, 0.4) is 0 Å². The van der Waals surface area contributed by atoms with Gasteiger partial charge >= 0.3 is 0 Å². The topological polar surface area (TPSA) is 58.4 Å². The van der Waals surface area contributed by atoms with Gasteiger partial charge in [-0.15, -0.1) is 0 Å². The van der Waals surface area contributed by atoms with Gasteiger partial charge in [-0.1, -0.05) is 30.3 Å². The van der Waals surface area contributed by atoms with Crippen LogP contribution in [0.1, 0.15) is 16.1 Å². The average molecular weight is 325 g/mol. The molecular weight excluding hydrogens is 312 g/mol. The fourth-order valence-electron chi connectivity index (χ4n) is 2.20. The number of nitrogens with zero attached hydrogens (tertiary/aromatic N) is 4. The van der Waals surface area contributed by atoms with Crippen molar-refractivity contribution in [2.45, 2.75) is 6.54 Å². The molecule has 21 heavy (non-hydrogen) atoms. The summed E-state index contributed by atoms with van der Waals surface area (Å²) in [6.07, 6.45) is 0. The lowest BCUT2D eigenvalue weighted by Crippen LogP contribution is -2.45. The number of amides is 1. The quantitative estimate of drug-likeness (QED) is 0.845. The molecule has 0 N–H and O–H groups in total. The van der Waals surface area contributed by atoms with Gasteiger partial charge in [-0.05, 0) is 17.2 Å². The molecule has 1 aromatic carbocycles. The van der Waals surface area contributed by atoms with Crippen LogP contribution in [0.2, 0.25) is 5.28 Å². The van der Waals surface area contributed by atoms with Gasteiger partial charge in [0.1, 0.15) is 0 Å². The van der Waals surface area contributed by atoms with Gasteiger partial charge in [-0.3, -0.25) is 9.10 Å². The standard InChI is InChI=1S/C13H13ClN4O2S/c1-16-10-11(15-13(16)14)17(2)21(20)18(12(10)19)8-9-6-4-3-5-7-9/h3-7H,8H2,1-2H3. The van der Waals surface area contributed by atoms with Crippen LogP contribution in [-0.4, -0.2) is 31.0 Å². The van der Waals surface area contributed by atoms with Crippen molar-refractivity contribution in [1.82, 2.24) is 13.9 Å². The van der Waals surface area contributed by atoms with Gasteiger partial charge in [0.25, 0.3) is 5.91 Å². The van der Waals surface area contributed by atoms with E-state index < -0.39 is 11.2 Å². The average Bonchev–Trinajstić information content (AvgIpc) is 2.79. The highest BCUT2D eigenvalue weighted by Gasteiger charge is 2.38. The molecule has 0 fully saturated rings. The van der Waals surface area contributed by atoms with Crippen molar-refractivity contribution in [3.05, 3.63) is 46.9 Å². The normalized spacial score (nSPS) is 18.0. The predicted octanol–water partition coefficient (Wildman–Crippen LogP) is 1.74. The highest BCUT2D eigenvalue weighted by molar-refractivity contribution is 7.84. The predicted molar refractivity (Wildman–Crippen MR) is 81.1 cm³/mol. The Morgan fingerprint density at radius 1 is 1.24 bits per heavy atom. The van der Waals surface area contributed by atoms with E-state index in [0.29, 0.717) is 11.5 Å². The maximum Gasteiger partial charge on any atom is 0.287 e. The second-order valence-corrected chi connectivity index (χ2v) is 6.46. The number of hydrogen-bond donors (Lipinski definition) is 0. The highest BCUT2D eigenvalue weighted by atomic mass is 35.5. The number of aromatic nitrogens is 2. The van der Waals surface area contributed by atoms with E-state index in [1.54, 1.807) is 14.1 Å². The van der Waals surface area contributed by atoms with E-state index in [9.17, 15) is 9.00 Å². The third-order valence-corrected chi connectivity index (χ3v) is 4.99. The third-order valence-electron chi connectivity index (χ3n) is 3.34. The van der Waals surface area contributed by atoms with Crippen molar-refractivity contribution in [2.75, 3.05) is 11.4 Å². The minimum Gasteiger partial charge on any atom is -0.312 e. The molecular formula is C13H13ClN4O2S. The molecule has 6 nitrogen and oxygen atoms in total. The molecule has 0 saturated carbocycles. The van der Waals surface area contributed by atoms with Crippen LogP contribution in [0, 0.1) is 0 Å². The van der Waals surface area contributed by atoms with E-state index >= 15 is 0 Å². The first kappa shape index (κ1) is 14.1. The minimum atomic E-state index is -1.63. The number of imidazole rings is 1. The summed E-state index contributed by atoms with van der Waals surface area (Å²) in [7, 11) is 3.29. The molecule has 8 heteroatoms. The third kappa shape index (κ3) is 2.22. The summed E-state index contributed by atoms with van der Waals surface area (Å²) in [5, 5.41) is 0.193. The Balaban J connectivity index is 2.02. The first-order valence-corrected chi connectivity index (χ1v) is 7.68. The lowest BCUT2D eigenvalue weighted by Gasteiger charge is -2.31. The van der Waals surface area contributed by atoms with Gasteiger partial charge in [-0.2, -0.15) is 4.98 Å². The van der Waals surface area contributed by atoms with E-state index in [2.05, 4.69) is 4.98 Å². The second kappa shape index (κ2) is 5.16. The molecule has 0 spiro atoms. The molecule has 1 aliphatic rings. The van der Waals surface area contributed by atoms with Crippen LogP contribution in [0.25, 0.3) is 0 Å². The highest BCUT2D eigenvalue weighted by Crippen LogP contribution is 2.31. The van der Waals surface area contributed by atoms with Gasteiger partial charge < -0.3 is 4.57 Å². The number of carbonyl (C=O) groups excluding carboxylic acids is 1. The molecule has 0 bridgehead atoms. The lowest BCUT2D eigenvalue weighted by atomic mass is 10.2. The smallest absolute Gasteiger partial charge is 0.287 e. The van der Waals surface area contributed by atoms with E-state index in [1.807, 2.05) is 30.3 Å². The number of rotatable bonds is 2. The van der Waals surface area contributed by atoms with Crippen LogP contribution in [0.4, 0.5) is 5.82 Å². The number of anilines is 1. The first-order chi connectivity index (χ1) is 10.0. The van der Waals surface area contributed by atoms with Crippen molar-refractivity contribution in [2.24, 2.45) is 7.05 Å². The molecule has 0 radical (unpaired) electrons. The minimum absolute atomic E-state index is 0.193. The van der Waals surface area contributed by atoms with Crippen LogP contribution < -0.4 is 4.31 Å². The monoisotopic (exact) mass is 324 g/mol. The molecule has 1 aliphatic heterocycles. The zero-order chi connectivity index (χ0) is 15.1. The van der Waals surface area contributed by atoms with Gasteiger partial charge in [0.15, 0.2) is 11.5 Å². The molecule has 110 valence electrons. The van der Waals surface area contributed by atoms with Crippen molar-refractivity contribution in [3.8, 4) is 0 Å². The summed E-state index contributed by atoms with van der Waals surface area (Å²) in [4.78, 5) is 16.7. The summed E-state index contributed by atoms with van der Waals surface area (Å²) in [6, 6.07) is 9.42.